The molecule has 2 aromatic carbocycles. The van der Waals surface area contributed by atoms with Crippen LogP contribution < -0.4 is 18.1 Å². The van der Waals surface area contributed by atoms with Gasteiger partial charge in [0.1, 0.15) is 0 Å². The van der Waals surface area contributed by atoms with Crippen molar-refractivity contribution in [1.29, 1.82) is 0 Å². The lowest BCUT2D eigenvalue weighted by Gasteiger charge is -2.22. The van der Waals surface area contributed by atoms with Crippen LogP contribution in [0.3, 0.4) is 0 Å². The number of hydrogen-bond donors (Lipinski definition) is 2. The number of benzene rings is 2. The molecule has 0 amide bonds. The molecule has 4 N–H and O–H groups in total. The summed E-state index contributed by atoms with van der Waals surface area (Å²) in [5.41, 5.74) is 8.91. The smallest absolute Gasteiger partial charge is 0.0863 e. The van der Waals surface area contributed by atoms with Crippen molar-refractivity contribution in [3.8, 4) is 0 Å². The fourth-order valence-corrected chi connectivity index (χ4v) is 3.17. The minimum absolute atomic E-state index is 0. The molecular formula is C17H20ClNO. The Kier molecular flexibility index (Phi) is 4.81. The van der Waals surface area contributed by atoms with Crippen molar-refractivity contribution in [3.05, 3.63) is 70.8 Å². The zero-order valence-corrected chi connectivity index (χ0v) is 12.2. The lowest BCUT2D eigenvalue weighted by Crippen LogP contribution is -3.00. The van der Waals surface area contributed by atoms with Gasteiger partial charge >= 0.3 is 0 Å². The molecule has 0 saturated heterocycles. The maximum atomic E-state index is 10.8. The highest BCUT2D eigenvalue weighted by atomic mass is 35.5. The summed E-state index contributed by atoms with van der Waals surface area (Å²) in [7, 11) is 0. The summed E-state index contributed by atoms with van der Waals surface area (Å²) in [6.45, 7) is 0.845. The summed E-state index contributed by atoms with van der Waals surface area (Å²) in [5.74, 6) is 0.164. The van der Waals surface area contributed by atoms with Crippen LogP contribution in [0.4, 0.5) is 0 Å². The van der Waals surface area contributed by atoms with Gasteiger partial charge < -0.3 is 23.2 Å². The second-order valence-corrected chi connectivity index (χ2v) is 5.27. The van der Waals surface area contributed by atoms with E-state index in [1.165, 1.54) is 16.7 Å². The molecule has 0 radical (unpaired) electrons. The number of rotatable bonds is 2. The predicted octanol–water partition coefficient (Wildman–Crippen LogP) is -0.956. The summed E-state index contributed by atoms with van der Waals surface area (Å²) in [6, 6.07) is 16.7. The Morgan fingerprint density at radius 1 is 0.950 bits per heavy atom. The van der Waals surface area contributed by atoms with Crippen LogP contribution >= 0.6 is 0 Å². The van der Waals surface area contributed by atoms with E-state index in [2.05, 4.69) is 48.2 Å². The maximum Gasteiger partial charge on any atom is 0.0863 e. The predicted molar refractivity (Wildman–Crippen MR) is 75.8 cm³/mol. The molecule has 3 heteroatoms. The Hall–Kier alpha value is -1.35. The van der Waals surface area contributed by atoms with Gasteiger partial charge in [0, 0.05) is 12.3 Å². The standard InChI is InChI=1S/C17H19NO.ClH/c18-10-9-16-14-7-3-1-5-12(14)11-13-6-2-4-8-15(13)17(16)19;/h1-8,16-17,19H,9-11,18H2;1H. The van der Waals surface area contributed by atoms with Crippen molar-refractivity contribution in [3.63, 3.8) is 0 Å². The summed E-state index contributed by atoms with van der Waals surface area (Å²) in [6.07, 6.45) is 1.42. The molecule has 3 rings (SSSR count). The van der Waals surface area contributed by atoms with Gasteiger partial charge in [-0.2, -0.15) is 0 Å². The summed E-state index contributed by atoms with van der Waals surface area (Å²) < 4.78 is 0. The van der Waals surface area contributed by atoms with Crippen molar-refractivity contribution in [1.82, 2.24) is 0 Å². The third-order valence-corrected chi connectivity index (χ3v) is 4.11. The van der Waals surface area contributed by atoms with E-state index < -0.39 is 6.10 Å². The highest BCUT2D eigenvalue weighted by molar-refractivity contribution is 5.44. The third-order valence-electron chi connectivity index (χ3n) is 4.11. The van der Waals surface area contributed by atoms with E-state index in [1.54, 1.807) is 0 Å². The molecule has 1 aliphatic rings. The van der Waals surface area contributed by atoms with Gasteiger partial charge in [-0.05, 0) is 28.7 Å². The van der Waals surface area contributed by atoms with Gasteiger partial charge in [0.05, 0.1) is 12.6 Å². The fraction of sp³-hybridized carbons (Fsp3) is 0.294. The normalized spacial score (nSPS) is 20.3. The Labute approximate surface area is 126 Å². The van der Waals surface area contributed by atoms with Crippen molar-refractivity contribution in [2.24, 2.45) is 0 Å². The van der Waals surface area contributed by atoms with Crippen LogP contribution in [0.15, 0.2) is 48.5 Å². The Balaban J connectivity index is 0.00000147. The van der Waals surface area contributed by atoms with E-state index in [-0.39, 0.29) is 18.3 Å². The maximum absolute atomic E-state index is 10.8. The minimum Gasteiger partial charge on any atom is -1.00 e. The Morgan fingerprint density at radius 3 is 2.15 bits per heavy atom. The monoisotopic (exact) mass is 289 g/mol. The number of fused-ring (bicyclic) bond motifs is 2. The first-order valence-electron chi connectivity index (χ1n) is 6.94. The quantitative estimate of drug-likeness (QED) is 0.735. The molecule has 2 unspecified atom stereocenters. The first-order chi connectivity index (χ1) is 9.31. The van der Waals surface area contributed by atoms with Crippen molar-refractivity contribution < 1.29 is 23.2 Å². The average Bonchev–Trinajstić information content (AvgIpc) is 2.56. The summed E-state index contributed by atoms with van der Waals surface area (Å²) >= 11 is 0. The molecule has 0 fully saturated rings. The van der Waals surface area contributed by atoms with Crippen LogP contribution in [0.5, 0.6) is 0 Å². The number of halogens is 1. The van der Waals surface area contributed by atoms with E-state index in [9.17, 15) is 5.11 Å². The second kappa shape index (κ2) is 6.40. The van der Waals surface area contributed by atoms with Gasteiger partial charge in [0.2, 0.25) is 0 Å². The zero-order valence-electron chi connectivity index (χ0n) is 11.4. The first kappa shape index (κ1) is 15.0. The molecule has 0 bridgehead atoms. The molecule has 0 heterocycles. The average molecular weight is 290 g/mol. The van der Waals surface area contributed by atoms with Crippen LogP contribution in [0.1, 0.15) is 40.7 Å². The van der Waals surface area contributed by atoms with Gasteiger partial charge in [-0.15, -0.1) is 0 Å². The topological polar surface area (TPSA) is 47.9 Å². The molecule has 0 aromatic heterocycles. The second-order valence-electron chi connectivity index (χ2n) is 5.27. The molecule has 0 saturated carbocycles. The van der Waals surface area contributed by atoms with E-state index in [1.807, 2.05) is 6.07 Å². The third kappa shape index (κ3) is 2.59. The highest BCUT2D eigenvalue weighted by Gasteiger charge is 2.29. The molecule has 2 atom stereocenters. The highest BCUT2D eigenvalue weighted by Crippen LogP contribution is 2.40. The Bertz CT molecular complexity index is 585. The first-order valence-corrected chi connectivity index (χ1v) is 6.94. The van der Waals surface area contributed by atoms with Crippen molar-refractivity contribution in [2.45, 2.75) is 24.9 Å². The van der Waals surface area contributed by atoms with Crippen molar-refractivity contribution in [2.75, 3.05) is 6.54 Å². The zero-order chi connectivity index (χ0) is 13.2. The van der Waals surface area contributed by atoms with Crippen LogP contribution in [-0.4, -0.2) is 11.7 Å². The number of hydrogen-bond acceptors (Lipinski definition) is 1. The van der Waals surface area contributed by atoms with Crippen LogP contribution in [0, 0.1) is 0 Å². The van der Waals surface area contributed by atoms with E-state index in [4.69, 9.17) is 0 Å². The summed E-state index contributed by atoms with van der Waals surface area (Å²) in [5, 5.41) is 10.8. The SMILES string of the molecule is [Cl-].[NH3+]CCC1c2ccccc2Cc2ccccc2C1O. The molecule has 1 aliphatic carbocycles. The fourth-order valence-electron chi connectivity index (χ4n) is 3.17. The molecule has 0 aliphatic heterocycles. The largest absolute Gasteiger partial charge is 1.00 e. The molecule has 106 valence electrons. The van der Waals surface area contributed by atoms with Crippen LogP contribution in [0.25, 0.3) is 0 Å². The Morgan fingerprint density at radius 2 is 1.50 bits per heavy atom. The van der Waals surface area contributed by atoms with E-state index in [0.717, 1.165) is 24.9 Å². The number of aliphatic hydroxyl groups excluding tert-OH is 1. The molecule has 2 nitrogen and oxygen atoms in total. The van der Waals surface area contributed by atoms with Gasteiger partial charge in [-0.1, -0.05) is 48.5 Å². The van der Waals surface area contributed by atoms with Crippen LogP contribution in [0.2, 0.25) is 0 Å². The minimum atomic E-state index is -0.415. The van der Waals surface area contributed by atoms with E-state index >= 15 is 0 Å². The van der Waals surface area contributed by atoms with Crippen molar-refractivity contribution >= 4 is 0 Å². The van der Waals surface area contributed by atoms with Gasteiger partial charge in [-0.3, -0.25) is 0 Å². The number of aliphatic hydroxyl groups is 1. The molecular weight excluding hydrogens is 270 g/mol. The molecule has 20 heavy (non-hydrogen) atoms. The van der Waals surface area contributed by atoms with Crippen LogP contribution in [-0.2, 0) is 6.42 Å². The van der Waals surface area contributed by atoms with E-state index in [0.29, 0.717) is 0 Å². The van der Waals surface area contributed by atoms with Gasteiger partial charge in [0.15, 0.2) is 0 Å². The molecule has 2 aromatic rings. The van der Waals surface area contributed by atoms with Gasteiger partial charge in [-0.25, -0.2) is 0 Å². The lowest BCUT2D eigenvalue weighted by atomic mass is 9.86. The van der Waals surface area contributed by atoms with Gasteiger partial charge in [0.25, 0.3) is 0 Å². The number of quaternary nitrogens is 1. The molecule has 0 spiro atoms. The lowest BCUT2D eigenvalue weighted by molar-refractivity contribution is -0.369. The summed E-state index contributed by atoms with van der Waals surface area (Å²) in [4.78, 5) is 0.